The Labute approximate surface area is 102 Å². The maximum atomic E-state index is 9.23. The fraction of sp³-hybridized carbons (Fsp3) is 0.643. The number of likely N-dealkylation sites (tertiary alicyclic amines) is 1. The van der Waals surface area contributed by atoms with Gasteiger partial charge in [-0.15, -0.1) is 0 Å². The monoisotopic (exact) mass is 232 g/mol. The first-order valence-electron chi connectivity index (χ1n) is 6.71. The van der Waals surface area contributed by atoms with Crippen LogP contribution in [0.1, 0.15) is 37.8 Å². The van der Waals surface area contributed by atoms with Crippen molar-refractivity contribution in [2.75, 3.05) is 6.54 Å². The van der Waals surface area contributed by atoms with Gasteiger partial charge in [-0.2, -0.15) is 0 Å². The van der Waals surface area contributed by atoms with Crippen LogP contribution in [0.4, 0.5) is 0 Å². The van der Waals surface area contributed by atoms with E-state index in [9.17, 15) is 5.11 Å². The summed E-state index contributed by atoms with van der Waals surface area (Å²) in [6.07, 6.45) is 8.51. The second-order valence-electron chi connectivity index (χ2n) is 5.38. The van der Waals surface area contributed by atoms with Gasteiger partial charge in [0.1, 0.15) is 5.75 Å². The van der Waals surface area contributed by atoms with Crippen molar-refractivity contribution in [3.05, 3.63) is 24.0 Å². The van der Waals surface area contributed by atoms with Crippen molar-refractivity contribution in [2.45, 2.75) is 44.7 Å². The first kappa shape index (κ1) is 11.0. The maximum Gasteiger partial charge on any atom is 0.133 e. The third kappa shape index (κ3) is 2.29. The molecule has 2 unspecified atom stereocenters. The molecule has 0 bridgehead atoms. The minimum absolute atomic E-state index is 0.255. The zero-order valence-corrected chi connectivity index (χ0v) is 10.2. The van der Waals surface area contributed by atoms with Gasteiger partial charge in [0, 0.05) is 12.6 Å². The molecule has 2 atom stereocenters. The summed E-state index contributed by atoms with van der Waals surface area (Å²) in [6.45, 7) is 2.17. The molecule has 3 nitrogen and oxygen atoms in total. The van der Waals surface area contributed by atoms with Gasteiger partial charge < -0.3 is 5.11 Å². The van der Waals surface area contributed by atoms with Crippen LogP contribution in [0.15, 0.2) is 18.3 Å². The number of rotatable bonds is 2. The van der Waals surface area contributed by atoms with Crippen LogP contribution in [0.25, 0.3) is 0 Å². The van der Waals surface area contributed by atoms with Crippen LogP contribution >= 0.6 is 0 Å². The van der Waals surface area contributed by atoms with Gasteiger partial charge >= 0.3 is 0 Å². The largest absolute Gasteiger partial charge is 0.506 e. The van der Waals surface area contributed by atoms with Crippen molar-refractivity contribution in [3.63, 3.8) is 0 Å². The number of aromatic hydroxyl groups is 1. The predicted molar refractivity (Wildman–Crippen MR) is 66.7 cm³/mol. The number of fused-ring (bicyclic) bond motifs is 1. The molecule has 92 valence electrons. The average molecular weight is 232 g/mol. The van der Waals surface area contributed by atoms with E-state index in [0.717, 1.165) is 24.2 Å². The van der Waals surface area contributed by atoms with Gasteiger partial charge in [0.15, 0.2) is 0 Å². The standard InChI is InChI=1S/C14H20N2O/c17-13-6-5-12(15-9-13)10-16-8-7-11-3-1-2-4-14(11)16/h5-6,9,11,14,17H,1-4,7-8,10H2. The summed E-state index contributed by atoms with van der Waals surface area (Å²) in [5.41, 5.74) is 1.08. The predicted octanol–water partition coefficient (Wildman–Crippen LogP) is 2.55. The van der Waals surface area contributed by atoms with Crippen molar-refractivity contribution in [2.24, 2.45) is 5.92 Å². The Morgan fingerprint density at radius 2 is 2.12 bits per heavy atom. The maximum absolute atomic E-state index is 9.23. The number of hydrogen-bond donors (Lipinski definition) is 1. The number of hydrogen-bond acceptors (Lipinski definition) is 3. The van der Waals surface area contributed by atoms with E-state index < -0.39 is 0 Å². The normalized spacial score (nSPS) is 29.2. The molecule has 0 radical (unpaired) electrons. The molecule has 3 rings (SSSR count). The summed E-state index contributed by atoms with van der Waals surface area (Å²) in [6, 6.07) is 4.46. The quantitative estimate of drug-likeness (QED) is 0.851. The molecule has 1 saturated carbocycles. The average Bonchev–Trinajstić information content (AvgIpc) is 2.76. The van der Waals surface area contributed by atoms with E-state index >= 15 is 0 Å². The number of nitrogens with zero attached hydrogens (tertiary/aromatic N) is 2. The molecule has 1 aliphatic heterocycles. The van der Waals surface area contributed by atoms with Gasteiger partial charge in [-0.3, -0.25) is 9.88 Å². The van der Waals surface area contributed by atoms with Crippen molar-refractivity contribution in [3.8, 4) is 5.75 Å². The highest BCUT2D eigenvalue weighted by molar-refractivity contribution is 5.18. The van der Waals surface area contributed by atoms with E-state index in [0.29, 0.717) is 0 Å². The Bertz CT molecular complexity index is 376. The van der Waals surface area contributed by atoms with Crippen LogP contribution in [0, 0.1) is 5.92 Å². The minimum Gasteiger partial charge on any atom is -0.506 e. The van der Waals surface area contributed by atoms with Crippen LogP contribution in [-0.4, -0.2) is 27.6 Å². The molecule has 17 heavy (non-hydrogen) atoms. The number of pyridine rings is 1. The zero-order valence-electron chi connectivity index (χ0n) is 10.2. The summed E-state index contributed by atoms with van der Waals surface area (Å²) in [7, 11) is 0. The third-order valence-electron chi connectivity index (χ3n) is 4.30. The Hall–Kier alpha value is -1.09. The second-order valence-corrected chi connectivity index (χ2v) is 5.38. The van der Waals surface area contributed by atoms with E-state index in [-0.39, 0.29) is 5.75 Å². The zero-order chi connectivity index (χ0) is 11.7. The van der Waals surface area contributed by atoms with Gasteiger partial charge in [0.05, 0.1) is 11.9 Å². The Kier molecular flexibility index (Phi) is 3.02. The van der Waals surface area contributed by atoms with E-state index in [1.54, 1.807) is 12.3 Å². The molecule has 1 N–H and O–H groups in total. The SMILES string of the molecule is Oc1ccc(CN2CCC3CCCCC32)nc1. The first-order chi connectivity index (χ1) is 8.33. The molecule has 0 amide bonds. The van der Waals surface area contributed by atoms with E-state index in [4.69, 9.17) is 0 Å². The third-order valence-corrected chi connectivity index (χ3v) is 4.30. The minimum atomic E-state index is 0.255. The lowest BCUT2D eigenvalue weighted by Crippen LogP contribution is -2.34. The highest BCUT2D eigenvalue weighted by atomic mass is 16.3. The van der Waals surface area contributed by atoms with Crippen LogP contribution in [0.2, 0.25) is 0 Å². The van der Waals surface area contributed by atoms with Crippen LogP contribution in [0.5, 0.6) is 5.75 Å². The van der Waals surface area contributed by atoms with Crippen LogP contribution in [-0.2, 0) is 6.54 Å². The summed E-state index contributed by atoms with van der Waals surface area (Å²) < 4.78 is 0. The molecule has 0 aromatic carbocycles. The molecular formula is C14H20N2O. The summed E-state index contributed by atoms with van der Waals surface area (Å²) in [4.78, 5) is 6.87. The molecule has 1 aliphatic carbocycles. The molecule has 1 saturated heterocycles. The van der Waals surface area contributed by atoms with E-state index in [1.807, 2.05) is 6.07 Å². The van der Waals surface area contributed by atoms with Gasteiger partial charge in [-0.1, -0.05) is 12.8 Å². The summed E-state index contributed by atoms with van der Waals surface area (Å²) >= 11 is 0. The lowest BCUT2D eigenvalue weighted by Gasteiger charge is -2.31. The topological polar surface area (TPSA) is 36.4 Å². The lowest BCUT2D eigenvalue weighted by molar-refractivity contribution is 0.174. The van der Waals surface area contributed by atoms with Gasteiger partial charge in [0.2, 0.25) is 0 Å². The molecule has 0 spiro atoms. The molecule has 3 heteroatoms. The summed E-state index contributed by atoms with van der Waals surface area (Å²) in [5.74, 6) is 1.19. The molecule has 2 aliphatic rings. The van der Waals surface area contributed by atoms with Crippen LogP contribution in [0.3, 0.4) is 0 Å². The highest BCUT2D eigenvalue weighted by Crippen LogP contribution is 2.36. The van der Waals surface area contributed by atoms with Gasteiger partial charge in [0.25, 0.3) is 0 Å². The van der Waals surface area contributed by atoms with Crippen molar-refractivity contribution >= 4 is 0 Å². The second kappa shape index (κ2) is 4.65. The van der Waals surface area contributed by atoms with Crippen molar-refractivity contribution in [1.29, 1.82) is 0 Å². The lowest BCUT2D eigenvalue weighted by atomic mass is 9.85. The molecule has 1 aromatic rings. The van der Waals surface area contributed by atoms with Crippen molar-refractivity contribution in [1.82, 2.24) is 9.88 Å². The Morgan fingerprint density at radius 1 is 1.24 bits per heavy atom. The molecule has 2 heterocycles. The highest BCUT2D eigenvalue weighted by Gasteiger charge is 2.35. The van der Waals surface area contributed by atoms with E-state index in [1.165, 1.54) is 38.6 Å². The fourth-order valence-corrected chi connectivity index (χ4v) is 3.42. The summed E-state index contributed by atoms with van der Waals surface area (Å²) in [5, 5.41) is 9.23. The fourth-order valence-electron chi connectivity index (χ4n) is 3.42. The van der Waals surface area contributed by atoms with Gasteiger partial charge in [-0.25, -0.2) is 0 Å². The van der Waals surface area contributed by atoms with Crippen LogP contribution < -0.4 is 0 Å². The first-order valence-corrected chi connectivity index (χ1v) is 6.71. The van der Waals surface area contributed by atoms with E-state index in [2.05, 4.69) is 9.88 Å². The Morgan fingerprint density at radius 3 is 2.94 bits per heavy atom. The smallest absolute Gasteiger partial charge is 0.133 e. The van der Waals surface area contributed by atoms with Crippen molar-refractivity contribution < 1.29 is 5.11 Å². The number of aromatic nitrogens is 1. The Balaban J connectivity index is 1.67. The van der Waals surface area contributed by atoms with Gasteiger partial charge in [-0.05, 0) is 43.9 Å². The molecule has 2 fully saturated rings. The molecule has 1 aromatic heterocycles. The molecular weight excluding hydrogens is 212 g/mol.